The Morgan fingerprint density at radius 1 is 1.38 bits per heavy atom. The summed E-state index contributed by atoms with van der Waals surface area (Å²) in [7, 11) is 1.29. The maximum absolute atomic E-state index is 11.3. The molecule has 0 aliphatic heterocycles. The first-order chi connectivity index (χ1) is 7.60. The van der Waals surface area contributed by atoms with Crippen molar-refractivity contribution in [1.29, 1.82) is 0 Å². The van der Waals surface area contributed by atoms with E-state index in [1.54, 1.807) is 12.1 Å². The predicted molar refractivity (Wildman–Crippen MR) is 57.2 cm³/mol. The van der Waals surface area contributed by atoms with Gasteiger partial charge in [0.05, 0.1) is 18.6 Å². The summed E-state index contributed by atoms with van der Waals surface area (Å²) in [6.45, 7) is 0.124. The summed E-state index contributed by atoms with van der Waals surface area (Å²) in [5.74, 6) is -1.98. The van der Waals surface area contributed by atoms with Gasteiger partial charge in [0.1, 0.15) is 0 Å². The maximum atomic E-state index is 11.3. The molecule has 1 unspecified atom stereocenters. The van der Waals surface area contributed by atoms with Gasteiger partial charge in [0.25, 0.3) is 0 Å². The van der Waals surface area contributed by atoms with Crippen LogP contribution < -0.4 is 5.73 Å². The molecule has 0 saturated heterocycles. The molecule has 0 saturated carbocycles. The minimum atomic E-state index is -1.01. The zero-order valence-corrected chi connectivity index (χ0v) is 8.84. The number of carbonyl (C=O) groups is 2. The molecule has 5 nitrogen and oxygen atoms in total. The lowest BCUT2D eigenvalue weighted by atomic mass is 9.98. The SMILES string of the molecule is COC(=O)C(CN)c1ccc(C(=O)O)cc1. The Bertz CT molecular complexity index is 385. The second-order valence-corrected chi connectivity index (χ2v) is 3.24. The summed E-state index contributed by atoms with van der Waals surface area (Å²) < 4.78 is 4.60. The minimum absolute atomic E-state index is 0.124. The van der Waals surface area contributed by atoms with Gasteiger partial charge in [0.15, 0.2) is 0 Å². The highest BCUT2D eigenvalue weighted by Gasteiger charge is 2.19. The highest BCUT2D eigenvalue weighted by molar-refractivity contribution is 5.88. The van der Waals surface area contributed by atoms with E-state index in [1.165, 1.54) is 19.2 Å². The van der Waals surface area contributed by atoms with E-state index in [9.17, 15) is 9.59 Å². The van der Waals surface area contributed by atoms with E-state index < -0.39 is 17.9 Å². The van der Waals surface area contributed by atoms with Crippen molar-refractivity contribution in [2.75, 3.05) is 13.7 Å². The molecule has 1 aromatic rings. The lowest BCUT2D eigenvalue weighted by Crippen LogP contribution is -2.22. The van der Waals surface area contributed by atoms with Crippen molar-refractivity contribution < 1.29 is 19.4 Å². The van der Waals surface area contributed by atoms with E-state index in [0.29, 0.717) is 5.56 Å². The zero-order chi connectivity index (χ0) is 12.1. The first-order valence-corrected chi connectivity index (χ1v) is 4.71. The van der Waals surface area contributed by atoms with Crippen molar-refractivity contribution in [2.45, 2.75) is 5.92 Å². The van der Waals surface area contributed by atoms with Gasteiger partial charge in [-0.2, -0.15) is 0 Å². The van der Waals surface area contributed by atoms with E-state index in [4.69, 9.17) is 10.8 Å². The number of benzene rings is 1. The number of carbonyl (C=O) groups excluding carboxylic acids is 1. The summed E-state index contributed by atoms with van der Waals surface area (Å²) >= 11 is 0. The number of esters is 1. The van der Waals surface area contributed by atoms with Crippen LogP contribution in [0.5, 0.6) is 0 Å². The molecule has 1 aromatic carbocycles. The molecule has 0 heterocycles. The molecular weight excluding hydrogens is 210 g/mol. The Labute approximate surface area is 92.8 Å². The Morgan fingerprint density at radius 3 is 2.31 bits per heavy atom. The molecule has 0 spiro atoms. The Kier molecular flexibility index (Phi) is 4.02. The fourth-order valence-corrected chi connectivity index (χ4v) is 1.37. The number of aromatic carboxylic acids is 1. The zero-order valence-electron chi connectivity index (χ0n) is 8.84. The number of hydrogen-bond acceptors (Lipinski definition) is 4. The average Bonchev–Trinajstić information content (AvgIpc) is 2.30. The highest BCUT2D eigenvalue weighted by atomic mass is 16.5. The third-order valence-corrected chi connectivity index (χ3v) is 2.28. The van der Waals surface area contributed by atoms with Crippen LogP contribution in [0.15, 0.2) is 24.3 Å². The summed E-state index contributed by atoms with van der Waals surface area (Å²) in [6.07, 6.45) is 0. The summed E-state index contributed by atoms with van der Waals surface area (Å²) in [6, 6.07) is 6.00. The van der Waals surface area contributed by atoms with E-state index >= 15 is 0 Å². The van der Waals surface area contributed by atoms with Crippen molar-refractivity contribution in [2.24, 2.45) is 5.73 Å². The molecule has 0 aliphatic carbocycles. The number of rotatable bonds is 4. The van der Waals surface area contributed by atoms with Crippen LogP contribution in [0.2, 0.25) is 0 Å². The van der Waals surface area contributed by atoms with E-state index in [-0.39, 0.29) is 12.1 Å². The molecule has 0 radical (unpaired) electrons. The Balaban J connectivity index is 2.95. The monoisotopic (exact) mass is 223 g/mol. The van der Waals surface area contributed by atoms with Gasteiger partial charge in [-0.3, -0.25) is 4.79 Å². The molecule has 3 N–H and O–H groups in total. The number of methoxy groups -OCH3 is 1. The molecule has 86 valence electrons. The van der Waals surface area contributed by atoms with Crippen molar-refractivity contribution in [3.63, 3.8) is 0 Å². The minimum Gasteiger partial charge on any atom is -0.478 e. The van der Waals surface area contributed by atoms with Crippen LogP contribution in [-0.4, -0.2) is 30.7 Å². The first kappa shape index (κ1) is 12.2. The Morgan fingerprint density at radius 2 is 1.94 bits per heavy atom. The van der Waals surface area contributed by atoms with Gasteiger partial charge in [0.2, 0.25) is 0 Å². The molecule has 0 aromatic heterocycles. The fourth-order valence-electron chi connectivity index (χ4n) is 1.37. The third-order valence-electron chi connectivity index (χ3n) is 2.28. The van der Waals surface area contributed by atoms with Crippen LogP contribution in [0.1, 0.15) is 21.8 Å². The second kappa shape index (κ2) is 5.27. The fraction of sp³-hybridized carbons (Fsp3) is 0.273. The van der Waals surface area contributed by atoms with E-state index in [1.807, 2.05) is 0 Å². The topological polar surface area (TPSA) is 89.6 Å². The number of ether oxygens (including phenoxy) is 1. The molecule has 1 rings (SSSR count). The number of nitrogens with two attached hydrogens (primary N) is 1. The van der Waals surface area contributed by atoms with Crippen LogP contribution in [0.25, 0.3) is 0 Å². The summed E-state index contributed by atoms with van der Waals surface area (Å²) in [5, 5.41) is 8.71. The second-order valence-electron chi connectivity index (χ2n) is 3.24. The van der Waals surface area contributed by atoms with Crippen LogP contribution in [0.3, 0.4) is 0 Å². The lowest BCUT2D eigenvalue weighted by Gasteiger charge is -2.12. The molecule has 16 heavy (non-hydrogen) atoms. The molecule has 1 atom stereocenters. The summed E-state index contributed by atoms with van der Waals surface area (Å²) in [4.78, 5) is 22.0. The Hall–Kier alpha value is -1.88. The number of carboxylic acids is 1. The number of hydrogen-bond donors (Lipinski definition) is 2. The standard InChI is InChI=1S/C11H13NO4/c1-16-11(15)9(6-12)7-2-4-8(5-3-7)10(13)14/h2-5,9H,6,12H2,1H3,(H,13,14). The quantitative estimate of drug-likeness (QED) is 0.729. The van der Waals surface area contributed by atoms with Crippen LogP contribution in [0.4, 0.5) is 0 Å². The van der Waals surface area contributed by atoms with Crippen LogP contribution >= 0.6 is 0 Å². The lowest BCUT2D eigenvalue weighted by molar-refractivity contribution is -0.142. The van der Waals surface area contributed by atoms with E-state index in [0.717, 1.165) is 0 Å². The van der Waals surface area contributed by atoms with Gasteiger partial charge < -0.3 is 15.6 Å². The molecule has 0 fully saturated rings. The van der Waals surface area contributed by atoms with E-state index in [2.05, 4.69) is 4.74 Å². The van der Waals surface area contributed by atoms with Gasteiger partial charge >= 0.3 is 11.9 Å². The number of carboxylic acid groups (broad SMARTS) is 1. The van der Waals surface area contributed by atoms with Crippen molar-refractivity contribution in [3.05, 3.63) is 35.4 Å². The predicted octanol–water partition coefficient (Wildman–Crippen LogP) is 0.600. The molecular formula is C11H13NO4. The third kappa shape index (κ3) is 2.58. The van der Waals surface area contributed by atoms with Crippen LogP contribution in [-0.2, 0) is 9.53 Å². The van der Waals surface area contributed by atoms with Gasteiger partial charge in [-0.15, -0.1) is 0 Å². The molecule has 0 amide bonds. The van der Waals surface area contributed by atoms with Crippen LogP contribution in [0, 0.1) is 0 Å². The first-order valence-electron chi connectivity index (χ1n) is 4.71. The smallest absolute Gasteiger partial charge is 0.335 e. The molecule has 5 heteroatoms. The maximum Gasteiger partial charge on any atom is 0.335 e. The molecule has 0 aliphatic rings. The van der Waals surface area contributed by atoms with Gasteiger partial charge in [-0.1, -0.05) is 12.1 Å². The van der Waals surface area contributed by atoms with Crippen molar-refractivity contribution in [3.8, 4) is 0 Å². The molecule has 0 bridgehead atoms. The summed E-state index contributed by atoms with van der Waals surface area (Å²) in [5.41, 5.74) is 6.28. The largest absolute Gasteiger partial charge is 0.478 e. The van der Waals surface area contributed by atoms with Crippen molar-refractivity contribution in [1.82, 2.24) is 0 Å². The van der Waals surface area contributed by atoms with Crippen molar-refractivity contribution >= 4 is 11.9 Å². The highest BCUT2D eigenvalue weighted by Crippen LogP contribution is 2.16. The van der Waals surface area contributed by atoms with Gasteiger partial charge in [0, 0.05) is 6.54 Å². The average molecular weight is 223 g/mol. The van der Waals surface area contributed by atoms with Gasteiger partial charge in [-0.05, 0) is 17.7 Å². The normalized spacial score (nSPS) is 11.9. The van der Waals surface area contributed by atoms with Gasteiger partial charge in [-0.25, -0.2) is 4.79 Å².